The number of ether oxygens (including phenoxy) is 1. The Bertz CT molecular complexity index is 769. The molecule has 1 aromatic heterocycles. The molecule has 0 atom stereocenters. The van der Waals surface area contributed by atoms with E-state index < -0.39 is 5.97 Å². The predicted molar refractivity (Wildman–Crippen MR) is 94.3 cm³/mol. The molecule has 0 saturated heterocycles. The fraction of sp³-hybridized carbons (Fsp3) is 0.400. The van der Waals surface area contributed by atoms with Crippen LogP contribution in [-0.4, -0.2) is 40.1 Å². The van der Waals surface area contributed by atoms with Gasteiger partial charge in [0.25, 0.3) is 0 Å². The molecule has 0 unspecified atom stereocenters. The molecule has 0 spiro atoms. The number of carboxylic acid groups (broad SMARTS) is 1. The fourth-order valence-electron chi connectivity index (χ4n) is 3.59. The van der Waals surface area contributed by atoms with Gasteiger partial charge in [-0.3, -0.25) is 4.90 Å². The van der Waals surface area contributed by atoms with Crippen molar-refractivity contribution >= 4 is 5.97 Å². The number of hydrogen-bond acceptors (Lipinski definition) is 4. The average Bonchev–Trinajstić information content (AvgIpc) is 2.77. The number of aromatic carboxylic acids is 1. The van der Waals surface area contributed by atoms with Crippen LogP contribution in [0.3, 0.4) is 0 Å². The normalized spacial score (nSPS) is 18.1. The van der Waals surface area contributed by atoms with Crippen LogP contribution in [0.4, 0.5) is 0 Å². The van der Waals surface area contributed by atoms with E-state index in [-0.39, 0.29) is 5.56 Å². The molecule has 2 heterocycles. The third kappa shape index (κ3) is 3.51. The SMILES string of the molecule is O=C(O)c1ccc(Oc2ccc3c(c2)CCN(C2CCC2)CC3)nc1. The van der Waals surface area contributed by atoms with Crippen LogP contribution in [0.5, 0.6) is 11.6 Å². The smallest absolute Gasteiger partial charge is 0.337 e. The van der Waals surface area contributed by atoms with E-state index in [4.69, 9.17) is 9.84 Å². The van der Waals surface area contributed by atoms with Crippen molar-refractivity contribution in [3.05, 3.63) is 53.2 Å². The number of hydrogen-bond donors (Lipinski definition) is 1. The molecule has 5 nitrogen and oxygen atoms in total. The topological polar surface area (TPSA) is 62.7 Å². The molecule has 5 heteroatoms. The third-order valence-corrected chi connectivity index (χ3v) is 5.31. The number of aromatic nitrogens is 1. The number of carboxylic acids is 1. The highest BCUT2D eigenvalue weighted by atomic mass is 16.5. The molecular weight excluding hydrogens is 316 g/mol. The summed E-state index contributed by atoms with van der Waals surface area (Å²) in [5.74, 6) is 0.182. The molecule has 4 rings (SSSR count). The lowest BCUT2D eigenvalue weighted by atomic mass is 9.91. The van der Waals surface area contributed by atoms with Gasteiger partial charge in [0, 0.05) is 31.4 Å². The molecule has 2 aliphatic rings. The molecule has 0 radical (unpaired) electrons. The van der Waals surface area contributed by atoms with E-state index in [1.165, 1.54) is 42.7 Å². The number of fused-ring (bicyclic) bond motifs is 1. The number of rotatable bonds is 4. The standard InChI is InChI=1S/C20H22N2O3/c23-20(24)16-5-7-19(21-13-16)25-18-6-4-14-8-10-22(17-2-1-3-17)11-9-15(14)12-18/h4-7,12-13,17H,1-3,8-11H2,(H,23,24). The molecule has 130 valence electrons. The van der Waals surface area contributed by atoms with Crippen molar-refractivity contribution in [2.24, 2.45) is 0 Å². The Hall–Kier alpha value is -2.40. The van der Waals surface area contributed by atoms with Crippen LogP contribution in [0, 0.1) is 0 Å². The summed E-state index contributed by atoms with van der Waals surface area (Å²) in [5.41, 5.74) is 2.91. The Labute approximate surface area is 147 Å². The van der Waals surface area contributed by atoms with Gasteiger partial charge in [0.15, 0.2) is 0 Å². The summed E-state index contributed by atoms with van der Waals surface area (Å²) in [5, 5.41) is 8.92. The first-order valence-electron chi connectivity index (χ1n) is 8.92. The maximum Gasteiger partial charge on any atom is 0.337 e. The van der Waals surface area contributed by atoms with Crippen LogP contribution in [-0.2, 0) is 12.8 Å². The molecule has 25 heavy (non-hydrogen) atoms. The van der Waals surface area contributed by atoms with Crippen LogP contribution in [0.2, 0.25) is 0 Å². The first-order valence-corrected chi connectivity index (χ1v) is 8.92. The summed E-state index contributed by atoms with van der Waals surface area (Å²) in [4.78, 5) is 17.6. The Morgan fingerprint density at radius 1 is 1.12 bits per heavy atom. The lowest BCUT2D eigenvalue weighted by Gasteiger charge is -2.36. The van der Waals surface area contributed by atoms with Gasteiger partial charge in [0.1, 0.15) is 5.75 Å². The second-order valence-corrected chi connectivity index (χ2v) is 6.84. The van der Waals surface area contributed by atoms with Gasteiger partial charge in [0.2, 0.25) is 5.88 Å². The summed E-state index contributed by atoms with van der Waals surface area (Å²) < 4.78 is 5.81. The van der Waals surface area contributed by atoms with Crippen molar-refractivity contribution in [1.82, 2.24) is 9.88 Å². The van der Waals surface area contributed by atoms with Crippen molar-refractivity contribution < 1.29 is 14.6 Å². The van der Waals surface area contributed by atoms with Gasteiger partial charge >= 0.3 is 5.97 Å². The number of carbonyl (C=O) groups is 1. The van der Waals surface area contributed by atoms with Crippen LogP contribution in [0.1, 0.15) is 40.7 Å². The maximum absolute atomic E-state index is 10.9. The highest BCUT2D eigenvalue weighted by Crippen LogP contribution is 2.29. The lowest BCUT2D eigenvalue weighted by molar-refractivity contribution is 0.0696. The molecule has 1 aromatic carbocycles. The van der Waals surface area contributed by atoms with Crippen molar-refractivity contribution in [3.63, 3.8) is 0 Å². The molecule has 1 aliphatic carbocycles. The van der Waals surface area contributed by atoms with Gasteiger partial charge < -0.3 is 9.84 Å². The van der Waals surface area contributed by atoms with E-state index in [1.807, 2.05) is 6.07 Å². The van der Waals surface area contributed by atoms with Gasteiger partial charge in [-0.05, 0) is 55.0 Å². The van der Waals surface area contributed by atoms with E-state index >= 15 is 0 Å². The molecule has 0 amide bonds. The number of benzene rings is 1. The zero-order valence-corrected chi connectivity index (χ0v) is 14.1. The summed E-state index contributed by atoms with van der Waals surface area (Å²) in [6.45, 7) is 2.27. The largest absolute Gasteiger partial charge is 0.478 e. The number of pyridine rings is 1. The van der Waals surface area contributed by atoms with E-state index in [2.05, 4.69) is 22.0 Å². The minimum absolute atomic E-state index is 0.158. The molecule has 1 saturated carbocycles. The van der Waals surface area contributed by atoms with E-state index in [1.54, 1.807) is 6.07 Å². The fourth-order valence-corrected chi connectivity index (χ4v) is 3.59. The van der Waals surface area contributed by atoms with Crippen molar-refractivity contribution in [3.8, 4) is 11.6 Å². The zero-order valence-electron chi connectivity index (χ0n) is 14.1. The highest BCUT2D eigenvalue weighted by Gasteiger charge is 2.26. The van der Waals surface area contributed by atoms with Gasteiger partial charge in [-0.25, -0.2) is 9.78 Å². The van der Waals surface area contributed by atoms with Gasteiger partial charge in [-0.1, -0.05) is 12.5 Å². The van der Waals surface area contributed by atoms with Crippen LogP contribution in [0.25, 0.3) is 0 Å². The second-order valence-electron chi connectivity index (χ2n) is 6.84. The molecule has 0 bridgehead atoms. The minimum atomic E-state index is -0.986. The summed E-state index contributed by atoms with van der Waals surface area (Å²) in [6, 6.07) is 10.1. The van der Waals surface area contributed by atoms with Crippen LogP contribution >= 0.6 is 0 Å². The van der Waals surface area contributed by atoms with Crippen molar-refractivity contribution in [2.75, 3.05) is 13.1 Å². The van der Waals surface area contributed by atoms with Crippen LogP contribution < -0.4 is 4.74 Å². The quantitative estimate of drug-likeness (QED) is 0.924. The highest BCUT2D eigenvalue weighted by molar-refractivity contribution is 5.87. The predicted octanol–water partition coefficient (Wildman–Crippen LogP) is 3.53. The van der Waals surface area contributed by atoms with Crippen LogP contribution in [0.15, 0.2) is 36.5 Å². The van der Waals surface area contributed by atoms with Gasteiger partial charge in [-0.15, -0.1) is 0 Å². The first-order chi connectivity index (χ1) is 12.2. The minimum Gasteiger partial charge on any atom is -0.478 e. The molecule has 1 aliphatic heterocycles. The maximum atomic E-state index is 10.9. The number of nitrogens with zero attached hydrogens (tertiary/aromatic N) is 2. The van der Waals surface area contributed by atoms with Gasteiger partial charge in [-0.2, -0.15) is 0 Å². The average molecular weight is 338 g/mol. The monoisotopic (exact) mass is 338 g/mol. The second kappa shape index (κ2) is 6.84. The summed E-state index contributed by atoms with van der Waals surface area (Å²) in [6.07, 6.45) is 7.54. The summed E-state index contributed by atoms with van der Waals surface area (Å²) >= 11 is 0. The Balaban J connectivity index is 1.46. The van der Waals surface area contributed by atoms with E-state index in [0.717, 1.165) is 37.7 Å². The Morgan fingerprint density at radius 2 is 1.92 bits per heavy atom. The van der Waals surface area contributed by atoms with Gasteiger partial charge in [0.05, 0.1) is 5.56 Å². The Kier molecular flexibility index (Phi) is 4.40. The third-order valence-electron chi connectivity index (χ3n) is 5.31. The zero-order chi connectivity index (χ0) is 17.2. The lowest BCUT2D eigenvalue weighted by Crippen LogP contribution is -2.41. The Morgan fingerprint density at radius 3 is 2.56 bits per heavy atom. The van der Waals surface area contributed by atoms with Crippen molar-refractivity contribution in [1.29, 1.82) is 0 Å². The van der Waals surface area contributed by atoms with E-state index in [0.29, 0.717) is 5.88 Å². The van der Waals surface area contributed by atoms with E-state index in [9.17, 15) is 4.79 Å². The molecular formula is C20H22N2O3. The molecule has 2 aromatic rings. The molecule has 1 fully saturated rings. The first kappa shape index (κ1) is 16.1. The molecule has 1 N–H and O–H groups in total. The van der Waals surface area contributed by atoms with Crippen molar-refractivity contribution in [2.45, 2.75) is 38.1 Å². The summed E-state index contributed by atoms with van der Waals surface area (Å²) in [7, 11) is 0.